The van der Waals surface area contributed by atoms with Crippen molar-refractivity contribution in [3.05, 3.63) is 84.3 Å². The Morgan fingerprint density at radius 2 is 1.72 bits per heavy atom. The van der Waals surface area contributed by atoms with Crippen LogP contribution in [0.4, 0.5) is 0 Å². The average molecular weight is 329 g/mol. The van der Waals surface area contributed by atoms with Crippen molar-refractivity contribution in [1.29, 1.82) is 0 Å². The Kier molecular flexibility index (Phi) is 3.74. The number of ether oxygens (including phenoxy) is 1. The fraction of sp³-hybridized carbons (Fsp3) is 0.0500. The summed E-state index contributed by atoms with van der Waals surface area (Å²) in [4.78, 5) is 21.0. The Morgan fingerprint density at radius 1 is 0.960 bits per heavy atom. The minimum absolute atomic E-state index is 0.392. The van der Waals surface area contributed by atoms with E-state index in [4.69, 9.17) is 4.74 Å². The predicted octanol–water partition coefficient (Wildman–Crippen LogP) is 3.95. The van der Waals surface area contributed by atoms with Gasteiger partial charge in [-0.1, -0.05) is 30.3 Å². The van der Waals surface area contributed by atoms with E-state index in [-0.39, 0.29) is 0 Å². The third-order valence-corrected chi connectivity index (χ3v) is 3.98. The van der Waals surface area contributed by atoms with Crippen LogP contribution >= 0.6 is 0 Å². The molecule has 122 valence electrons. The highest BCUT2D eigenvalue weighted by Crippen LogP contribution is 2.32. The first-order valence-corrected chi connectivity index (χ1v) is 7.89. The fourth-order valence-electron chi connectivity index (χ4n) is 2.82. The lowest BCUT2D eigenvalue weighted by Crippen LogP contribution is -2.08. The van der Waals surface area contributed by atoms with Crippen LogP contribution in [0.1, 0.15) is 15.9 Å². The van der Waals surface area contributed by atoms with Crippen molar-refractivity contribution in [3.63, 3.8) is 0 Å². The smallest absolute Gasteiger partial charge is 0.343 e. The molecule has 0 aliphatic rings. The van der Waals surface area contributed by atoms with Crippen molar-refractivity contribution in [3.8, 4) is 11.7 Å². The molecule has 0 radical (unpaired) electrons. The number of fused-ring (bicyclic) bond motifs is 1. The zero-order valence-corrected chi connectivity index (χ0v) is 13.6. The number of carbonyl (C=O) groups excluding carboxylic acids is 1. The van der Waals surface area contributed by atoms with Gasteiger partial charge in [0.05, 0.1) is 17.3 Å². The number of aryl methyl sites for hydroxylation is 1. The van der Waals surface area contributed by atoms with Gasteiger partial charge in [0.1, 0.15) is 0 Å². The van der Waals surface area contributed by atoms with Gasteiger partial charge >= 0.3 is 5.97 Å². The van der Waals surface area contributed by atoms with Gasteiger partial charge < -0.3 is 4.74 Å². The highest BCUT2D eigenvalue weighted by molar-refractivity contribution is 5.96. The van der Waals surface area contributed by atoms with Crippen LogP contribution in [-0.2, 0) is 0 Å². The van der Waals surface area contributed by atoms with Gasteiger partial charge in [-0.25, -0.2) is 14.8 Å². The summed E-state index contributed by atoms with van der Waals surface area (Å²) < 4.78 is 7.51. The van der Waals surface area contributed by atoms with E-state index in [9.17, 15) is 4.79 Å². The first-order chi connectivity index (χ1) is 12.2. The van der Waals surface area contributed by atoms with Crippen LogP contribution < -0.4 is 4.74 Å². The lowest BCUT2D eigenvalue weighted by molar-refractivity contribution is 0.0737. The topological polar surface area (TPSA) is 57.0 Å². The van der Waals surface area contributed by atoms with Crippen LogP contribution in [0.3, 0.4) is 0 Å². The Bertz CT molecular complexity index is 1040. The summed E-state index contributed by atoms with van der Waals surface area (Å²) in [5.41, 5.74) is 2.41. The zero-order chi connectivity index (χ0) is 17.2. The SMILES string of the molecule is Cc1cccc2c1c(OC(=O)c1ccccc1)cn2-c1ncccn1. The quantitative estimate of drug-likeness (QED) is 0.534. The van der Waals surface area contributed by atoms with Crippen molar-refractivity contribution in [2.75, 3.05) is 0 Å². The third-order valence-electron chi connectivity index (χ3n) is 3.98. The summed E-state index contributed by atoms with van der Waals surface area (Å²) in [7, 11) is 0. The van der Waals surface area contributed by atoms with Crippen molar-refractivity contribution in [1.82, 2.24) is 14.5 Å². The molecule has 0 saturated carbocycles. The summed E-state index contributed by atoms with van der Waals surface area (Å²) in [6, 6.07) is 16.6. The van der Waals surface area contributed by atoms with Crippen molar-refractivity contribution < 1.29 is 9.53 Å². The second-order valence-electron chi connectivity index (χ2n) is 5.64. The number of rotatable bonds is 3. The maximum absolute atomic E-state index is 12.5. The van der Waals surface area contributed by atoms with Crippen LogP contribution in [0, 0.1) is 6.92 Å². The largest absolute Gasteiger partial charge is 0.421 e. The third kappa shape index (κ3) is 2.76. The molecule has 25 heavy (non-hydrogen) atoms. The number of hydrogen-bond acceptors (Lipinski definition) is 4. The van der Waals surface area contributed by atoms with Gasteiger partial charge in [0.25, 0.3) is 0 Å². The summed E-state index contributed by atoms with van der Waals surface area (Å²) >= 11 is 0. The van der Waals surface area contributed by atoms with Gasteiger partial charge in [-0.15, -0.1) is 0 Å². The molecule has 0 N–H and O–H groups in total. The number of carbonyl (C=O) groups is 1. The Morgan fingerprint density at radius 3 is 2.48 bits per heavy atom. The van der Waals surface area contributed by atoms with E-state index in [0.29, 0.717) is 17.3 Å². The molecule has 5 nitrogen and oxygen atoms in total. The lowest BCUT2D eigenvalue weighted by atomic mass is 10.1. The molecule has 2 heterocycles. The molecule has 2 aromatic carbocycles. The van der Waals surface area contributed by atoms with Crippen LogP contribution in [0.25, 0.3) is 16.9 Å². The molecule has 0 spiro atoms. The summed E-state index contributed by atoms with van der Waals surface area (Å²) in [6.07, 6.45) is 5.12. The Balaban J connectivity index is 1.83. The molecule has 0 aliphatic heterocycles. The molecule has 2 aromatic heterocycles. The molecule has 0 atom stereocenters. The Hall–Kier alpha value is -3.47. The monoisotopic (exact) mass is 329 g/mol. The van der Waals surface area contributed by atoms with Gasteiger partial charge in [0.2, 0.25) is 5.95 Å². The van der Waals surface area contributed by atoms with E-state index in [1.165, 1.54) is 0 Å². The van der Waals surface area contributed by atoms with E-state index in [0.717, 1.165) is 16.5 Å². The van der Waals surface area contributed by atoms with Gasteiger partial charge in [0, 0.05) is 17.8 Å². The number of aromatic nitrogens is 3. The van der Waals surface area contributed by atoms with Gasteiger partial charge in [-0.05, 0) is 36.8 Å². The zero-order valence-electron chi connectivity index (χ0n) is 13.6. The first kappa shape index (κ1) is 15.1. The molecular formula is C20H15N3O2. The standard InChI is InChI=1S/C20H15N3O2/c1-14-7-5-10-16-18(14)17(13-23(16)20-21-11-6-12-22-20)25-19(24)15-8-3-2-4-9-15/h2-13H,1H3. The molecule has 0 amide bonds. The van der Waals surface area contributed by atoms with Crippen LogP contribution in [0.2, 0.25) is 0 Å². The van der Waals surface area contributed by atoms with Crippen LogP contribution in [0.5, 0.6) is 5.75 Å². The molecule has 0 bridgehead atoms. The number of benzene rings is 2. The number of nitrogens with zero attached hydrogens (tertiary/aromatic N) is 3. The molecule has 0 unspecified atom stereocenters. The van der Waals surface area contributed by atoms with Crippen molar-refractivity contribution in [2.24, 2.45) is 0 Å². The minimum atomic E-state index is -0.392. The molecule has 0 fully saturated rings. The maximum Gasteiger partial charge on any atom is 0.343 e. The van der Waals surface area contributed by atoms with E-state index in [2.05, 4.69) is 9.97 Å². The Labute approximate surface area is 144 Å². The fourth-order valence-corrected chi connectivity index (χ4v) is 2.82. The van der Waals surface area contributed by atoms with Crippen LogP contribution in [0.15, 0.2) is 73.2 Å². The van der Waals surface area contributed by atoms with E-state index >= 15 is 0 Å². The number of esters is 1. The van der Waals surface area contributed by atoms with E-state index in [1.54, 1.807) is 36.8 Å². The second kappa shape index (κ2) is 6.20. The lowest BCUT2D eigenvalue weighted by Gasteiger charge is -2.04. The minimum Gasteiger partial charge on any atom is -0.421 e. The maximum atomic E-state index is 12.5. The predicted molar refractivity (Wildman–Crippen MR) is 95.0 cm³/mol. The summed E-state index contributed by atoms with van der Waals surface area (Å²) in [6.45, 7) is 1.98. The molecule has 4 rings (SSSR count). The van der Waals surface area contributed by atoms with Gasteiger partial charge in [-0.2, -0.15) is 0 Å². The molecular weight excluding hydrogens is 314 g/mol. The number of hydrogen-bond donors (Lipinski definition) is 0. The molecule has 4 aromatic rings. The van der Waals surface area contributed by atoms with Crippen molar-refractivity contribution in [2.45, 2.75) is 6.92 Å². The highest BCUT2D eigenvalue weighted by atomic mass is 16.5. The summed E-state index contributed by atoms with van der Waals surface area (Å²) in [5.74, 6) is 0.631. The van der Waals surface area contributed by atoms with Gasteiger partial charge in [-0.3, -0.25) is 4.57 Å². The second-order valence-corrected chi connectivity index (χ2v) is 5.64. The highest BCUT2D eigenvalue weighted by Gasteiger charge is 2.17. The van der Waals surface area contributed by atoms with E-state index in [1.807, 2.05) is 47.9 Å². The van der Waals surface area contributed by atoms with E-state index < -0.39 is 5.97 Å². The van der Waals surface area contributed by atoms with Gasteiger partial charge in [0.15, 0.2) is 5.75 Å². The molecule has 0 saturated heterocycles. The molecule has 0 aliphatic carbocycles. The first-order valence-electron chi connectivity index (χ1n) is 7.89. The van der Waals surface area contributed by atoms with Crippen molar-refractivity contribution >= 4 is 16.9 Å². The molecule has 5 heteroatoms. The van der Waals surface area contributed by atoms with Crippen LogP contribution in [-0.4, -0.2) is 20.5 Å². The average Bonchev–Trinajstić information content (AvgIpc) is 3.03. The summed E-state index contributed by atoms with van der Waals surface area (Å²) in [5, 5.41) is 0.874. The normalized spacial score (nSPS) is 10.8.